The number of carboxylic acids is 2. The van der Waals surface area contributed by atoms with Crippen molar-refractivity contribution >= 4 is 23.9 Å². The van der Waals surface area contributed by atoms with Crippen molar-refractivity contribution in [1.29, 1.82) is 0 Å². The van der Waals surface area contributed by atoms with Crippen molar-refractivity contribution in [2.75, 3.05) is 47.5 Å². The van der Waals surface area contributed by atoms with Gasteiger partial charge in [0.1, 0.15) is 0 Å². The predicted octanol–water partition coefficient (Wildman–Crippen LogP) is 0.869. The van der Waals surface area contributed by atoms with Crippen molar-refractivity contribution in [2.24, 2.45) is 0 Å². The van der Waals surface area contributed by atoms with Crippen LogP contribution in [0.15, 0.2) is 30.4 Å². The third-order valence-electron chi connectivity index (χ3n) is 3.90. The summed E-state index contributed by atoms with van der Waals surface area (Å²) in [5.41, 5.74) is 0.818. The molecule has 0 radical (unpaired) electrons. The molecule has 0 saturated carbocycles. The molecule has 0 aliphatic carbocycles. The largest absolute Gasteiger partial charge is 0.493 e. The van der Waals surface area contributed by atoms with E-state index in [2.05, 4.69) is 5.32 Å². The first-order valence-electron chi connectivity index (χ1n) is 8.94. The summed E-state index contributed by atoms with van der Waals surface area (Å²) in [6, 6.07) is 3.62. The van der Waals surface area contributed by atoms with Crippen LogP contribution in [0.25, 0.3) is 6.08 Å². The third-order valence-corrected chi connectivity index (χ3v) is 3.90. The smallest absolute Gasteiger partial charge is 0.328 e. The lowest BCUT2D eigenvalue weighted by atomic mass is 10.1. The monoisotopic (exact) mass is 422 g/mol. The van der Waals surface area contributed by atoms with Gasteiger partial charge >= 0.3 is 11.9 Å². The third kappa shape index (κ3) is 8.23. The summed E-state index contributed by atoms with van der Waals surface area (Å²) in [5, 5.41) is 18.8. The number of nitrogens with one attached hydrogen (secondary N) is 1. The molecule has 10 heteroatoms. The maximum atomic E-state index is 12.1. The number of methoxy groups -OCH3 is 3. The lowest BCUT2D eigenvalue weighted by Gasteiger charge is -2.26. The minimum absolute atomic E-state index is 0.00949. The molecule has 0 aromatic heterocycles. The van der Waals surface area contributed by atoms with E-state index in [1.807, 2.05) is 17.0 Å². The maximum Gasteiger partial charge on any atom is 0.328 e. The fraction of sp³-hybridized carbons (Fsp3) is 0.350. The highest BCUT2D eigenvalue weighted by Gasteiger charge is 2.14. The van der Waals surface area contributed by atoms with Crippen LogP contribution in [0.2, 0.25) is 0 Å². The molecule has 1 aliphatic rings. The predicted molar refractivity (Wildman–Crippen MR) is 109 cm³/mol. The van der Waals surface area contributed by atoms with E-state index in [0.29, 0.717) is 29.4 Å². The van der Waals surface area contributed by atoms with Gasteiger partial charge in [0.05, 0.1) is 21.3 Å². The van der Waals surface area contributed by atoms with E-state index in [1.54, 1.807) is 33.5 Å². The number of amides is 1. The molecule has 10 nitrogen and oxygen atoms in total. The minimum atomic E-state index is -1.26. The molecule has 1 aliphatic heterocycles. The highest BCUT2D eigenvalue weighted by Crippen LogP contribution is 2.38. The molecule has 0 atom stereocenters. The highest BCUT2D eigenvalue weighted by atomic mass is 16.5. The number of ether oxygens (including phenoxy) is 3. The molecule has 30 heavy (non-hydrogen) atoms. The van der Waals surface area contributed by atoms with Crippen LogP contribution in [0.5, 0.6) is 17.2 Å². The van der Waals surface area contributed by atoms with Gasteiger partial charge in [0.15, 0.2) is 11.5 Å². The number of aliphatic carboxylic acids is 2. The zero-order valence-corrected chi connectivity index (χ0v) is 17.1. The molecule has 1 heterocycles. The number of carbonyl (C=O) groups excluding carboxylic acids is 1. The fourth-order valence-corrected chi connectivity index (χ4v) is 2.50. The van der Waals surface area contributed by atoms with Gasteiger partial charge in [-0.2, -0.15) is 0 Å². The van der Waals surface area contributed by atoms with Crippen LogP contribution in [-0.2, 0) is 14.4 Å². The Bertz CT molecular complexity index is 757. The van der Waals surface area contributed by atoms with Gasteiger partial charge in [0, 0.05) is 44.4 Å². The number of piperazine rings is 1. The molecule has 0 bridgehead atoms. The summed E-state index contributed by atoms with van der Waals surface area (Å²) in [7, 11) is 4.69. The Kier molecular flexibility index (Phi) is 10.5. The molecule has 164 valence electrons. The van der Waals surface area contributed by atoms with Gasteiger partial charge in [-0.25, -0.2) is 9.59 Å². The summed E-state index contributed by atoms with van der Waals surface area (Å²) in [6.45, 7) is 3.14. The zero-order valence-electron chi connectivity index (χ0n) is 17.1. The van der Waals surface area contributed by atoms with Gasteiger partial charge in [0.25, 0.3) is 0 Å². The Morgan fingerprint density at radius 1 is 0.900 bits per heavy atom. The second-order valence-electron chi connectivity index (χ2n) is 5.88. The average molecular weight is 422 g/mol. The molecule has 0 spiro atoms. The lowest BCUT2D eigenvalue weighted by Crippen LogP contribution is -2.45. The summed E-state index contributed by atoms with van der Waals surface area (Å²) < 4.78 is 15.9. The topological polar surface area (TPSA) is 135 Å². The van der Waals surface area contributed by atoms with E-state index in [9.17, 15) is 14.4 Å². The minimum Gasteiger partial charge on any atom is -0.493 e. The Morgan fingerprint density at radius 3 is 1.80 bits per heavy atom. The molecular weight excluding hydrogens is 396 g/mol. The molecule has 1 aromatic carbocycles. The second kappa shape index (κ2) is 12.8. The number of nitrogens with zero attached hydrogens (tertiary/aromatic N) is 1. The molecule has 1 saturated heterocycles. The number of benzene rings is 1. The number of carbonyl (C=O) groups is 3. The van der Waals surface area contributed by atoms with E-state index >= 15 is 0 Å². The van der Waals surface area contributed by atoms with Crippen molar-refractivity contribution < 1.29 is 38.8 Å². The zero-order chi connectivity index (χ0) is 22.5. The Labute approximate surface area is 174 Å². The second-order valence-corrected chi connectivity index (χ2v) is 5.88. The van der Waals surface area contributed by atoms with Gasteiger partial charge in [-0.3, -0.25) is 4.79 Å². The summed E-state index contributed by atoms with van der Waals surface area (Å²) in [4.78, 5) is 33.1. The highest BCUT2D eigenvalue weighted by molar-refractivity contribution is 5.92. The summed E-state index contributed by atoms with van der Waals surface area (Å²) in [6.07, 6.45) is 4.45. The van der Waals surface area contributed by atoms with Crippen molar-refractivity contribution in [3.63, 3.8) is 0 Å². The molecule has 1 aromatic rings. The Balaban J connectivity index is 0.000000479. The SMILES string of the molecule is COc1cc(C=CC(=O)N2CCNCC2)cc(OC)c1OC.O=C(O)/C=C\C(=O)O. The molecule has 1 amide bonds. The van der Waals surface area contributed by atoms with Crippen LogP contribution in [0, 0.1) is 0 Å². The van der Waals surface area contributed by atoms with Gasteiger partial charge in [-0.1, -0.05) is 0 Å². The van der Waals surface area contributed by atoms with Gasteiger partial charge in [-0.15, -0.1) is 0 Å². The van der Waals surface area contributed by atoms with Crippen molar-refractivity contribution in [2.45, 2.75) is 0 Å². The van der Waals surface area contributed by atoms with Gasteiger partial charge < -0.3 is 34.6 Å². The van der Waals surface area contributed by atoms with Crippen LogP contribution in [0.3, 0.4) is 0 Å². The normalized spacial score (nSPS) is 13.5. The van der Waals surface area contributed by atoms with Crippen LogP contribution in [-0.4, -0.2) is 80.5 Å². The molecule has 2 rings (SSSR count). The van der Waals surface area contributed by atoms with Crippen LogP contribution in [0.1, 0.15) is 5.56 Å². The number of rotatable bonds is 7. The van der Waals surface area contributed by atoms with Crippen LogP contribution in [0.4, 0.5) is 0 Å². The van der Waals surface area contributed by atoms with E-state index in [-0.39, 0.29) is 5.91 Å². The fourth-order valence-electron chi connectivity index (χ4n) is 2.50. The van der Waals surface area contributed by atoms with E-state index in [0.717, 1.165) is 31.7 Å². The standard InChI is InChI=1S/C16H22N2O4.C4H4O4/c1-20-13-10-12(11-14(21-2)16(13)22-3)4-5-15(19)18-8-6-17-7-9-18;5-3(6)1-2-4(7)8/h4-5,10-11,17H,6-9H2,1-3H3;1-2H,(H,5,6)(H,7,8)/b;2-1-. The summed E-state index contributed by atoms with van der Waals surface area (Å²) >= 11 is 0. The number of hydrogen-bond acceptors (Lipinski definition) is 7. The van der Waals surface area contributed by atoms with Crippen LogP contribution >= 0.6 is 0 Å². The Morgan fingerprint density at radius 2 is 1.40 bits per heavy atom. The number of hydrogen-bond donors (Lipinski definition) is 3. The first kappa shape index (κ1) is 24.5. The summed E-state index contributed by atoms with van der Waals surface area (Å²) in [5.74, 6) is -0.835. The number of carboxylic acid groups (broad SMARTS) is 2. The van der Waals surface area contributed by atoms with Crippen LogP contribution < -0.4 is 19.5 Å². The lowest BCUT2D eigenvalue weighted by molar-refractivity contribution is -0.134. The quantitative estimate of drug-likeness (QED) is 0.547. The van der Waals surface area contributed by atoms with Gasteiger partial charge in [-0.05, 0) is 23.8 Å². The molecule has 0 unspecified atom stereocenters. The average Bonchev–Trinajstić information content (AvgIpc) is 2.76. The van der Waals surface area contributed by atoms with E-state index in [4.69, 9.17) is 24.4 Å². The Hall–Kier alpha value is -3.53. The van der Waals surface area contributed by atoms with E-state index in [1.165, 1.54) is 0 Å². The molecule has 1 fully saturated rings. The van der Waals surface area contributed by atoms with E-state index < -0.39 is 11.9 Å². The first-order valence-corrected chi connectivity index (χ1v) is 8.94. The van der Waals surface area contributed by atoms with Crippen molar-refractivity contribution in [1.82, 2.24) is 10.2 Å². The van der Waals surface area contributed by atoms with Gasteiger partial charge in [0.2, 0.25) is 11.7 Å². The maximum absolute atomic E-state index is 12.1. The molecule has 3 N–H and O–H groups in total. The van der Waals surface area contributed by atoms with Crippen molar-refractivity contribution in [3.8, 4) is 17.2 Å². The molecular formula is C20H26N2O8. The van der Waals surface area contributed by atoms with Crippen molar-refractivity contribution in [3.05, 3.63) is 35.9 Å². The first-order chi connectivity index (χ1) is 14.3.